The van der Waals surface area contributed by atoms with Gasteiger partial charge in [-0.15, -0.1) is 5.53 Å². The smallest absolute Gasteiger partial charge is 0.248 e. The van der Waals surface area contributed by atoms with Gasteiger partial charge in [0.15, 0.2) is 17.3 Å². The standard InChI is InChI=1S/C37H43BrN8O3.C36H41BrN8O3.C33H40BrN9O3/c1-22-14-26(27-18-39-24(3)40-19-27)15-28-33(23(2)47)43-45(34(22)28)21-32(48)46-29-16-37(17-30(37)46)12-8-6-5-7-9-13-44(4)20-25-10-11-31(38)41-35(25)42-36(29)49;1-22(46)33-27-15-24(26-18-38-23(2)39-19-26)9-11-28(27)44(42-33)21-32(47)45-29-16-36(17-30(36)45)13-7-5-4-6-8-14-43(3)20-25-10-12-31(37)40-34(25)41-35(29)48;1-19-9-10-27(34)36-31(19)37-32(46)25-15-33(3)16-26(33)43(25)28(45)18-42-30-21-7-4-5-12-41-17-22(38-40-41)8-6-11-35-23(13-21)14-24(30)29(39-42)20(2)44/h10-11,14-15,18-19,29-30H,5-9,12-13,16-17,20-21H2,1-4H3,(H,41,42,49);9-12,15,18-19,29-30H,4-8,13-14,16-17,20-21H2,1-3H3,(H,40,41,48);9-10,13-14,17,25-26,35,38,40H,4-8,11-12,15-16,18H2,1-3H3,(H,36,37,46)/t29-,30+,37-;29-,30+,36-;25-,26+,33-/m000/s1. The molecular weight excluding hydrogens is 2010 g/mol. The number of anilines is 4. The van der Waals surface area contributed by atoms with Crippen molar-refractivity contribution in [3.63, 3.8) is 0 Å². The largest absolute Gasteiger partial charge is 0.385 e. The van der Waals surface area contributed by atoms with E-state index in [9.17, 15) is 43.2 Å². The number of piperidine rings is 3. The highest BCUT2D eigenvalue weighted by Crippen LogP contribution is 2.65. The molecule has 2 spiro atoms. The van der Waals surface area contributed by atoms with Crippen molar-refractivity contribution in [2.45, 2.75) is 272 Å². The van der Waals surface area contributed by atoms with Crippen molar-refractivity contribution in [2.75, 3.05) is 61.5 Å². The number of hydrogen-bond donors (Lipinski definition) is 6. The van der Waals surface area contributed by atoms with Crippen molar-refractivity contribution in [2.24, 2.45) is 16.2 Å². The number of hydrazine groups is 2. The fraction of sp³-hybridized carbons (Fsp3) is 0.481. The van der Waals surface area contributed by atoms with E-state index in [1.54, 1.807) is 43.7 Å². The normalized spacial score (nSPS) is 23.5. The van der Waals surface area contributed by atoms with Gasteiger partial charge in [-0.3, -0.25) is 62.2 Å². The number of aromatic nitrogens is 13. The fourth-order valence-corrected chi connectivity index (χ4v) is 23.9. The minimum Gasteiger partial charge on any atom is -0.385 e. The van der Waals surface area contributed by atoms with Crippen LogP contribution in [0.15, 0.2) is 129 Å². The molecule has 3 saturated carbocycles. The minimum atomic E-state index is -0.617. The first-order valence-corrected chi connectivity index (χ1v) is 52.7. The SMILES string of the molecule is CC(=O)c1nn(CC(=O)N2[C@H](C(=O)Nc3nc(Br)ccc3C)C[C@@]3(C)C[C@@H]23)c2c3cc(cc12)NCCCC1=CN(CCCC3)NN1.CC(=O)c1nn(CC(=O)N2[C@H]3C[C@@]4(CCCCCCCN(C)Cc5ccc(Br)nc5NC3=O)C[C@@H]24)c2c(C)cc(-c3cnc(C)nc3)cc12.CC(=O)c1nn(CC(=O)N2[C@H]3C[C@@]4(CCCCCCCN(C)Cc5ccc(Br)nc5NC3=O)C[C@@H]24)c2ccc(-c3cnc(C)nc3)cc12. The summed E-state index contributed by atoms with van der Waals surface area (Å²) >= 11 is 10.3. The maximum atomic E-state index is 14.4. The van der Waals surface area contributed by atoms with Crippen LogP contribution in [0.3, 0.4) is 0 Å². The van der Waals surface area contributed by atoms with Crippen molar-refractivity contribution in [1.82, 2.24) is 105 Å². The van der Waals surface area contributed by atoms with E-state index in [1.807, 2.05) is 110 Å². The molecule has 8 aromatic heterocycles. The zero-order valence-corrected chi connectivity index (χ0v) is 87.5. The highest BCUT2D eigenvalue weighted by Gasteiger charge is 2.68. The van der Waals surface area contributed by atoms with Gasteiger partial charge in [-0.2, -0.15) is 15.3 Å². The van der Waals surface area contributed by atoms with E-state index >= 15 is 0 Å². The number of nitrogens with one attached hydrogen (secondary N) is 6. The maximum Gasteiger partial charge on any atom is 0.248 e. The Bertz CT molecular complexity index is 6880. The number of allylic oxidation sites excluding steroid dienone is 1. The highest BCUT2D eigenvalue weighted by molar-refractivity contribution is 9.11. The van der Waals surface area contributed by atoms with Crippen LogP contribution in [0, 0.1) is 43.9 Å². The third kappa shape index (κ3) is 21.5. The quantitative estimate of drug-likeness (QED) is 0.0461. The molecule has 3 aromatic carbocycles. The molecule has 8 bridgehead atoms. The highest BCUT2D eigenvalue weighted by atomic mass is 79.9. The summed E-state index contributed by atoms with van der Waals surface area (Å²) in [4.78, 5) is 164. The molecule has 0 unspecified atom stereocenters. The molecule has 9 atom stereocenters. The number of aryl methyl sites for hydroxylation is 5. The van der Waals surface area contributed by atoms with Gasteiger partial charge < -0.3 is 51.2 Å². The number of hydrogen-bond acceptors (Lipinski definition) is 25. The lowest BCUT2D eigenvalue weighted by molar-refractivity contribution is -0.138. The molecule has 21 rings (SSSR count). The number of benzene rings is 3. The van der Waals surface area contributed by atoms with E-state index in [4.69, 9.17) is 10.2 Å². The fourth-order valence-electron chi connectivity index (χ4n) is 23.0. The van der Waals surface area contributed by atoms with E-state index in [0.717, 1.165) is 201 Å². The van der Waals surface area contributed by atoms with E-state index in [-0.39, 0.29) is 107 Å². The molecule has 6 amide bonds. The molecule has 143 heavy (non-hydrogen) atoms. The topological polar surface area (TPSA) is 389 Å². The minimum absolute atomic E-state index is 0.00138. The summed E-state index contributed by atoms with van der Waals surface area (Å²) in [6, 6.07) is 23.5. The molecule has 0 radical (unpaired) electrons. The molecule has 37 heteroatoms. The van der Waals surface area contributed by atoms with Gasteiger partial charge in [0.1, 0.15) is 97.8 Å². The number of pyridine rings is 3. The zero-order valence-electron chi connectivity index (χ0n) is 82.8. The average Bonchev–Trinajstić information content (AvgIpc) is 1.51. The van der Waals surface area contributed by atoms with E-state index in [0.29, 0.717) is 109 Å². The van der Waals surface area contributed by atoms with Gasteiger partial charge in [-0.1, -0.05) is 82.6 Å². The monoisotopic (exact) mass is 2130 g/mol. The van der Waals surface area contributed by atoms with Crippen molar-refractivity contribution < 1.29 is 43.2 Å². The number of Topliss-reactive ketones (excluding diaryl/α,β-unsaturated/α-hetero) is 3. The van der Waals surface area contributed by atoms with Crippen LogP contribution in [-0.4, -0.2) is 223 Å². The molecule has 3 saturated heterocycles. The van der Waals surface area contributed by atoms with E-state index in [1.165, 1.54) is 52.2 Å². The number of carbonyl (C=O) groups is 9. The lowest BCUT2D eigenvalue weighted by Crippen LogP contribution is -2.47. The first-order chi connectivity index (χ1) is 68.7. The van der Waals surface area contributed by atoms with Gasteiger partial charge in [-0.05, 0) is 298 Å². The van der Waals surface area contributed by atoms with Crippen LogP contribution in [0.2, 0.25) is 0 Å². The van der Waals surface area contributed by atoms with Crippen molar-refractivity contribution in [1.29, 1.82) is 0 Å². The molecule has 3 aliphatic carbocycles. The number of halogens is 3. The third-order valence-electron chi connectivity index (χ3n) is 30.7. The lowest BCUT2D eigenvalue weighted by Gasteiger charge is -2.27. The lowest BCUT2D eigenvalue weighted by atomic mass is 9.92. The Balaban J connectivity index is 0.000000136. The van der Waals surface area contributed by atoms with E-state index < -0.39 is 18.1 Å². The van der Waals surface area contributed by atoms with Gasteiger partial charge in [-0.25, -0.2) is 34.9 Å². The zero-order chi connectivity index (χ0) is 100. The predicted octanol–water partition coefficient (Wildman–Crippen LogP) is 16.6. The summed E-state index contributed by atoms with van der Waals surface area (Å²) in [5.74, 6) is 1.20. The van der Waals surface area contributed by atoms with Gasteiger partial charge in [0.25, 0.3) is 0 Å². The summed E-state index contributed by atoms with van der Waals surface area (Å²) in [6.07, 6.45) is 31.8. The van der Waals surface area contributed by atoms with Gasteiger partial charge >= 0.3 is 0 Å². The number of amides is 6. The van der Waals surface area contributed by atoms with Crippen LogP contribution < -0.4 is 32.2 Å². The van der Waals surface area contributed by atoms with Crippen LogP contribution >= 0.6 is 47.8 Å². The summed E-state index contributed by atoms with van der Waals surface area (Å²) in [7, 11) is 4.20. The molecule has 7 aliphatic heterocycles. The first kappa shape index (κ1) is 99.7. The van der Waals surface area contributed by atoms with Crippen molar-refractivity contribution in [3.05, 3.63) is 186 Å². The van der Waals surface area contributed by atoms with Crippen LogP contribution in [-0.2, 0) is 67.9 Å². The first-order valence-electron chi connectivity index (χ1n) is 50.3. The Hall–Kier alpha value is -12.0. The molecular formula is C106H124Br3N25O9. The Morgan fingerprint density at radius 3 is 1.56 bits per heavy atom. The number of ketones is 3. The summed E-state index contributed by atoms with van der Waals surface area (Å²) < 4.78 is 6.87. The average molecular weight is 2130 g/mol. The second-order valence-electron chi connectivity index (χ2n) is 41.4. The molecule has 10 aliphatic rings. The summed E-state index contributed by atoms with van der Waals surface area (Å²) in [5.41, 5.74) is 19.7. The molecule has 34 nitrogen and oxygen atoms in total. The number of carbonyl (C=O) groups excluding carboxylic acids is 9. The van der Waals surface area contributed by atoms with Crippen LogP contribution in [0.5, 0.6) is 0 Å². The van der Waals surface area contributed by atoms with Crippen LogP contribution in [0.25, 0.3) is 55.0 Å². The Morgan fingerprint density at radius 2 is 0.972 bits per heavy atom. The van der Waals surface area contributed by atoms with Crippen LogP contribution in [0.4, 0.5) is 23.1 Å². The van der Waals surface area contributed by atoms with Crippen molar-refractivity contribution in [3.8, 4) is 22.3 Å². The maximum absolute atomic E-state index is 14.4. The Kier molecular flexibility index (Phi) is 29.0. The molecule has 6 N–H and O–H groups in total. The molecule has 748 valence electrons. The number of fused-ring (bicyclic) bond motifs is 12. The molecule has 6 fully saturated rings. The third-order valence-corrected chi connectivity index (χ3v) is 32.1. The predicted molar refractivity (Wildman–Crippen MR) is 556 cm³/mol. The van der Waals surface area contributed by atoms with Gasteiger partial charge in [0.2, 0.25) is 35.4 Å². The number of rotatable bonds is 13. The second kappa shape index (κ2) is 41.6. The van der Waals surface area contributed by atoms with Crippen molar-refractivity contribution >= 4 is 156 Å². The summed E-state index contributed by atoms with van der Waals surface area (Å²) in [5, 5.41) is 31.0. The Labute approximate surface area is 856 Å². The number of nitrogens with zero attached hydrogens (tertiary/aromatic N) is 19. The van der Waals surface area contributed by atoms with E-state index in [2.05, 4.69) is 168 Å². The number of likely N-dealkylation sites (tertiary alicyclic amines) is 3. The second-order valence-corrected chi connectivity index (χ2v) is 43.9. The molecule has 11 aromatic rings. The Morgan fingerprint density at radius 1 is 0.469 bits per heavy atom. The molecule has 15 heterocycles. The van der Waals surface area contributed by atoms with Crippen LogP contribution in [0.1, 0.15) is 240 Å². The van der Waals surface area contributed by atoms with Gasteiger partial charge in [0, 0.05) is 146 Å². The summed E-state index contributed by atoms with van der Waals surface area (Å²) in [6.45, 7) is 18.9. The van der Waals surface area contributed by atoms with Gasteiger partial charge in [0.05, 0.1) is 16.6 Å².